The average molecular weight is 166 g/mol. The Bertz CT molecular complexity index is 261. The highest BCUT2D eigenvalue weighted by Crippen LogP contribution is 2.14. The monoisotopic (exact) mass is 166 g/mol. The largest absolute Gasteiger partial charge is 0.272 e. The zero-order valence-corrected chi connectivity index (χ0v) is 8.52. The average Bonchev–Trinajstić information content (AvgIpc) is 2.29. The van der Waals surface area contributed by atoms with Crippen LogP contribution in [-0.4, -0.2) is 9.78 Å². The summed E-state index contributed by atoms with van der Waals surface area (Å²) in [5, 5.41) is 4.49. The van der Waals surface area contributed by atoms with Crippen LogP contribution in [0.25, 0.3) is 0 Å². The Kier molecular flexibility index (Phi) is 2.90. The lowest BCUT2D eigenvalue weighted by Crippen LogP contribution is -1.96. The van der Waals surface area contributed by atoms with Gasteiger partial charge in [0, 0.05) is 12.7 Å². The van der Waals surface area contributed by atoms with Crippen molar-refractivity contribution in [3.8, 4) is 0 Å². The van der Waals surface area contributed by atoms with Gasteiger partial charge < -0.3 is 0 Å². The standard InChI is InChI=1S/C10H18N2/c1-5-7-9-8(3)10(6-2)12(4)11-9/h5-7H2,1-4H3. The lowest BCUT2D eigenvalue weighted by molar-refractivity contribution is 0.698. The van der Waals surface area contributed by atoms with Crippen molar-refractivity contribution in [3.63, 3.8) is 0 Å². The normalized spacial score (nSPS) is 10.7. The second-order valence-corrected chi connectivity index (χ2v) is 3.25. The van der Waals surface area contributed by atoms with Gasteiger partial charge in [-0.3, -0.25) is 4.68 Å². The number of nitrogens with zero attached hydrogens (tertiary/aromatic N) is 2. The molecule has 0 aliphatic heterocycles. The van der Waals surface area contributed by atoms with Crippen molar-refractivity contribution in [2.45, 2.75) is 40.0 Å². The molecule has 2 heteroatoms. The third kappa shape index (κ3) is 1.52. The molecule has 0 aliphatic carbocycles. The summed E-state index contributed by atoms with van der Waals surface area (Å²) in [7, 11) is 2.03. The van der Waals surface area contributed by atoms with Crippen molar-refractivity contribution in [2.75, 3.05) is 0 Å². The first-order chi connectivity index (χ1) is 5.70. The highest BCUT2D eigenvalue weighted by Gasteiger charge is 2.08. The molecular weight excluding hydrogens is 148 g/mol. The highest BCUT2D eigenvalue weighted by molar-refractivity contribution is 5.24. The first-order valence-electron chi connectivity index (χ1n) is 4.72. The van der Waals surface area contributed by atoms with Gasteiger partial charge in [0.1, 0.15) is 0 Å². The summed E-state index contributed by atoms with van der Waals surface area (Å²) in [6.45, 7) is 6.55. The van der Waals surface area contributed by atoms with Crippen molar-refractivity contribution in [1.82, 2.24) is 9.78 Å². The SMILES string of the molecule is CCCc1nn(C)c(CC)c1C. The van der Waals surface area contributed by atoms with Gasteiger partial charge in [-0.05, 0) is 25.3 Å². The number of aromatic nitrogens is 2. The molecular formula is C10H18N2. The second-order valence-electron chi connectivity index (χ2n) is 3.25. The van der Waals surface area contributed by atoms with E-state index >= 15 is 0 Å². The molecule has 0 atom stereocenters. The molecule has 12 heavy (non-hydrogen) atoms. The Morgan fingerprint density at radius 1 is 1.33 bits per heavy atom. The Labute approximate surface area is 74.6 Å². The maximum Gasteiger partial charge on any atom is 0.0656 e. The van der Waals surface area contributed by atoms with Gasteiger partial charge in [0.2, 0.25) is 0 Å². The van der Waals surface area contributed by atoms with Crippen LogP contribution in [0.3, 0.4) is 0 Å². The fourth-order valence-electron chi connectivity index (χ4n) is 1.69. The van der Waals surface area contributed by atoms with E-state index < -0.39 is 0 Å². The number of aryl methyl sites for hydroxylation is 2. The molecule has 0 fully saturated rings. The zero-order valence-electron chi connectivity index (χ0n) is 8.52. The molecule has 0 unspecified atom stereocenters. The van der Waals surface area contributed by atoms with Gasteiger partial charge in [0.05, 0.1) is 5.69 Å². The Hall–Kier alpha value is -0.790. The van der Waals surface area contributed by atoms with Crippen LogP contribution in [0.2, 0.25) is 0 Å². The molecule has 0 aromatic carbocycles. The molecule has 0 saturated carbocycles. The van der Waals surface area contributed by atoms with Crippen LogP contribution in [0.1, 0.15) is 37.2 Å². The predicted molar refractivity (Wildman–Crippen MR) is 51.3 cm³/mol. The van der Waals surface area contributed by atoms with Gasteiger partial charge in [0.15, 0.2) is 0 Å². The summed E-state index contributed by atoms with van der Waals surface area (Å²) in [6.07, 6.45) is 3.37. The number of hydrogen-bond donors (Lipinski definition) is 0. The minimum atomic E-state index is 1.08. The van der Waals surface area contributed by atoms with Crippen LogP contribution in [-0.2, 0) is 19.9 Å². The van der Waals surface area contributed by atoms with Gasteiger partial charge in [0.25, 0.3) is 0 Å². The molecule has 0 N–H and O–H groups in total. The molecule has 68 valence electrons. The van der Waals surface area contributed by atoms with E-state index in [0.717, 1.165) is 12.8 Å². The second kappa shape index (κ2) is 3.74. The van der Waals surface area contributed by atoms with Crippen LogP contribution in [0.4, 0.5) is 0 Å². The van der Waals surface area contributed by atoms with E-state index in [-0.39, 0.29) is 0 Å². The quantitative estimate of drug-likeness (QED) is 0.673. The molecule has 0 aliphatic rings. The predicted octanol–water partition coefficient (Wildman–Crippen LogP) is 2.24. The molecule has 0 spiro atoms. The minimum absolute atomic E-state index is 1.08. The van der Waals surface area contributed by atoms with Crippen molar-refractivity contribution in [1.29, 1.82) is 0 Å². The summed E-state index contributed by atoms with van der Waals surface area (Å²) in [5.74, 6) is 0. The fraction of sp³-hybridized carbons (Fsp3) is 0.700. The molecule has 0 saturated heterocycles. The first kappa shape index (κ1) is 9.30. The van der Waals surface area contributed by atoms with E-state index in [2.05, 4.69) is 25.9 Å². The van der Waals surface area contributed by atoms with E-state index in [1.165, 1.54) is 23.4 Å². The van der Waals surface area contributed by atoms with Crippen molar-refractivity contribution in [3.05, 3.63) is 17.0 Å². The number of hydrogen-bond acceptors (Lipinski definition) is 1. The lowest BCUT2D eigenvalue weighted by atomic mass is 10.1. The minimum Gasteiger partial charge on any atom is -0.272 e. The van der Waals surface area contributed by atoms with E-state index in [1.807, 2.05) is 11.7 Å². The van der Waals surface area contributed by atoms with Gasteiger partial charge in [-0.1, -0.05) is 20.3 Å². The summed E-state index contributed by atoms with van der Waals surface area (Å²) in [4.78, 5) is 0. The van der Waals surface area contributed by atoms with E-state index in [0.29, 0.717) is 0 Å². The molecule has 1 heterocycles. The van der Waals surface area contributed by atoms with Gasteiger partial charge >= 0.3 is 0 Å². The van der Waals surface area contributed by atoms with Crippen LogP contribution in [0.5, 0.6) is 0 Å². The maximum absolute atomic E-state index is 4.49. The maximum atomic E-state index is 4.49. The third-order valence-electron chi connectivity index (χ3n) is 2.35. The van der Waals surface area contributed by atoms with Crippen LogP contribution >= 0.6 is 0 Å². The summed E-state index contributed by atoms with van der Waals surface area (Å²) < 4.78 is 2.01. The summed E-state index contributed by atoms with van der Waals surface area (Å²) >= 11 is 0. The van der Waals surface area contributed by atoms with E-state index in [4.69, 9.17) is 0 Å². The Morgan fingerprint density at radius 2 is 2.00 bits per heavy atom. The molecule has 0 bridgehead atoms. The molecule has 0 amide bonds. The van der Waals surface area contributed by atoms with E-state index in [1.54, 1.807) is 0 Å². The Morgan fingerprint density at radius 3 is 2.42 bits per heavy atom. The molecule has 2 nitrogen and oxygen atoms in total. The van der Waals surface area contributed by atoms with Gasteiger partial charge in [-0.15, -0.1) is 0 Å². The van der Waals surface area contributed by atoms with Crippen molar-refractivity contribution < 1.29 is 0 Å². The highest BCUT2D eigenvalue weighted by atomic mass is 15.3. The first-order valence-corrected chi connectivity index (χ1v) is 4.72. The van der Waals surface area contributed by atoms with Crippen LogP contribution < -0.4 is 0 Å². The van der Waals surface area contributed by atoms with E-state index in [9.17, 15) is 0 Å². The summed E-state index contributed by atoms with van der Waals surface area (Å²) in [6, 6.07) is 0. The number of rotatable bonds is 3. The lowest BCUT2D eigenvalue weighted by Gasteiger charge is -1.97. The van der Waals surface area contributed by atoms with Crippen LogP contribution in [0.15, 0.2) is 0 Å². The topological polar surface area (TPSA) is 17.8 Å². The van der Waals surface area contributed by atoms with Crippen molar-refractivity contribution >= 4 is 0 Å². The molecule has 1 aromatic rings. The van der Waals surface area contributed by atoms with Crippen molar-refractivity contribution in [2.24, 2.45) is 7.05 Å². The Balaban J connectivity index is 3.00. The van der Waals surface area contributed by atoms with Gasteiger partial charge in [-0.2, -0.15) is 5.10 Å². The molecule has 1 rings (SSSR count). The smallest absolute Gasteiger partial charge is 0.0656 e. The fourth-order valence-corrected chi connectivity index (χ4v) is 1.69. The molecule has 0 radical (unpaired) electrons. The van der Waals surface area contributed by atoms with Crippen LogP contribution in [0, 0.1) is 6.92 Å². The van der Waals surface area contributed by atoms with Gasteiger partial charge in [-0.25, -0.2) is 0 Å². The zero-order chi connectivity index (χ0) is 9.14. The molecule has 1 aromatic heterocycles. The summed E-state index contributed by atoms with van der Waals surface area (Å²) in [5.41, 5.74) is 4.04. The third-order valence-corrected chi connectivity index (χ3v) is 2.35.